The number of carbonyl (C=O) groups excluding carboxylic acids is 5. The molecule has 220 valence electrons. The molecule has 0 radical (unpaired) electrons. The molecule has 3 heterocycles. The van der Waals surface area contributed by atoms with Gasteiger partial charge in [-0.15, -0.1) is 0 Å². The van der Waals surface area contributed by atoms with E-state index in [1.807, 2.05) is 0 Å². The van der Waals surface area contributed by atoms with E-state index in [1.165, 1.54) is 64.0 Å². The molecule has 1 saturated heterocycles. The van der Waals surface area contributed by atoms with Gasteiger partial charge >= 0.3 is 5.97 Å². The van der Waals surface area contributed by atoms with E-state index in [2.05, 4.69) is 0 Å². The Morgan fingerprint density at radius 3 is 2.29 bits per heavy atom. The second-order valence-corrected chi connectivity index (χ2v) is 10.5. The first-order valence-electron chi connectivity index (χ1n) is 13.1. The predicted octanol–water partition coefficient (Wildman–Crippen LogP) is 1.94. The molecule has 42 heavy (non-hydrogen) atoms. The van der Waals surface area contributed by atoms with Gasteiger partial charge in [0, 0.05) is 39.1 Å². The zero-order valence-electron chi connectivity index (χ0n) is 24.1. The van der Waals surface area contributed by atoms with Crippen molar-refractivity contribution < 1.29 is 48.4 Å². The Labute approximate surface area is 241 Å². The topological polar surface area (TPSA) is 160 Å². The number of rotatable bonds is 5. The van der Waals surface area contributed by atoms with Crippen molar-refractivity contribution in [2.75, 3.05) is 27.9 Å². The summed E-state index contributed by atoms with van der Waals surface area (Å²) in [6.07, 6.45) is 2.91. The predicted molar refractivity (Wildman–Crippen MR) is 146 cm³/mol. The van der Waals surface area contributed by atoms with Gasteiger partial charge < -0.3 is 29.3 Å². The normalized spacial score (nSPS) is 23.9. The number of benzene rings is 1. The monoisotopic (exact) mass is 578 g/mol. The summed E-state index contributed by atoms with van der Waals surface area (Å²) in [7, 11) is 4.05. The summed E-state index contributed by atoms with van der Waals surface area (Å²) < 4.78 is 16.1. The molecule has 2 N–H and O–H groups in total. The van der Waals surface area contributed by atoms with Crippen LogP contribution in [0.25, 0.3) is 0 Å². The molecule has 1 aliphatic carbocycles. The molecule has 4 aliphatic rings. The molecule has 1 aromatic carbocycles. The van der Waals surface area contributed by atoms with E-state index in [9.17, 15) is 34.2 Å². The second kappa shape index (κ2) is 9.98. The number of esters is 1. The third-order valence-corrected chi connectivity index (χ3v) is 8.42. The molecule has 0 spiro atoms. The number of likely N-dealkylation sites (N-methyl/N-ethyl adjacent to an activating group) is 1. The number of phenols is 2. The van der Waals surface area contributed by atoms with Gasteiger partial charge in [0.05, 0.1) is 25.8 Å². The maximum Gasteiger partial charge on any atom is 0.333 e. The highest BCUT2D eigenvalue weighted by Gasteiger charge is 2.58. The van der Waals surface area contributed by atoms with Gasteiger partial charge in [-0.05, 0) is 40.8 Å². The summed E-state index contributed by atoms with van der Waals surface area (Å²) in [5.74, 6) is -4.56. The second-order valence-electron chi connectivity index (χ2n) is 10.5. The minimum Gasteiger partial charge on any atom is -0.507 e. The average Bonchev–Trinajstić information content (AvgIpc) is 2.96. The number of carbonyl (C=O) groups is 5. The molecule has 5 rings (SSSR count). The van der Waals surface area contributed by atoms with E-state index in [0.29, 0.717) is 0 Å². The van der Waals surface area contributed by atoms with Crippen LogP contribution in [-0.2, 0) is 28.7 Å². The van der Waals surface area contributed by atoms with Gasteiger partial charge in [0.2, 0.25) is 5.78 Å². The summed E-state index contributed by atoms with van der Waals surface area (Å²) >= 11 is 0. The van der Waals surface area contributed by atoms with Crippen LogP contribution in [0.3, 0.4) is 0 Å². The maximum absolute atomic E-state index is 14.2. The Hall–Kier alpha value is -4.71. The Morgan fingerprint density at radius 2 is 1.69 bits per heavy atom. The number of methoxy groups -OCH3 is 2. The van der Waals surface area contributed by atoms with E-state index in [0.717, 1.165) is 0 Å². The molecule has 1 aromatic rings. The zero-order chi connectivity index (χ0) is 30.9. The number of aromatic hydroxyl groups is 2. The van der Waals surface area contributed by atoms with Gasteiger partial charge in [-0.2, -0.15) is 0 Å². The minimum atomic E-state index is -1.45. The lowest BCUT2D eigenvalue weighted by atomic mass is 9.75. The zero-order valence-corrected chi connectivity index (χ0v) is 24.1. The van der Waals surface area contributed by atoms with E-state index >= 15 is 0 Å². The van der Waals surface area contributed by atoms with E-state index in [1.54, 1.807) is 6.92 Å². The molecule has 0 unspecified atom stereocenters. The Bertz CT molecular complexity index is 1640. The van der Waals surface area contributed by atoms with Crippen molar-refractivity contribution in [2.45, 2.75) is 45.8 Å². The number of allylic oxidation sites excluding steroid dienone is 5. The summed E-state index contributed by atoms with van der Waals surface area (Å²) in [6, 6.07) is -3.79. The fourth-order valence-corrected chi connectivity index (χ4v) is 6.18. The number of nitrogens with zero attached hydrogens (tertiary/aromatic N) is 2. The third kappa shape index (κ3) is 3.67. The molecule has 2 bridgehead atoms. The number of Topliss-reactive ketones (excluding diaryl/α,β-unsaturated/α-hetero) is 3. The number of fused-ring (bicyclic) bond motifs is 6. The third-order valence-electron chi connectivity index (χ3n) is 8.42. The molecule has 0 saturated carbocycles. The highest BCUT2D eigenvalue weighted by Crippen LogP contribution is 2.55. The van der Waals surface area contributed by atoms with Crippen molar-refractivity contribution in [1.29, 1.82) is 0 Å². The number of hydrogen-bond acceptors (Lipinski definition) is 11. The largest absolute Gasteiger partial charge is 0.507 e. The Kier molecular flexibility index (Phi) is 6.85. The fourth-order valence-electron chi connectivity index (χ4n) is 6.18. The van der Waals surface area contributed by atoms with Crippen LogP contribution in [0.5, 0.6) is 17.2 Å². The van der Waals surface area contributed by atoms with Crippen molar-refractivity contribution in [3.63, 3.8) is 0 Å². The lowest BCUT2D eigenvalue weighted by molar-refractivity contribution is -0.147. The van der Waals surface area contributed by atoms with Crippen molar-refractivity contribution >= 4 is 29.2 Å². The van der Waals surface area contributed by atoms with Crippen LogP contribution < -0.4 is 4.74 Å². The molecule has 3 aliphatic heterocycles. The van der Waals surface area contributed by atoms with Crippen molar-refractivity contribution in [3.05, 3.63) is 62.6 Å². The van der Waals surface area contributed by atoms with Gasteiger partial charge in [0.1, 0.15) is 18.4 Å². The van der Waals surface area contributed by atoms with Crippen LogP contribution in [-0.4, -0.2) is 89.2 Å². The Balaban J connectivity index is 1.79. The SMILES string of the molecule is C/C=C(/C)C(=O)OC[C@H]1C2=C(C=C3[C@H]4c5c(O)c(OC)c(C)c(O)c5C(=O)[C@H](C(=O)N31)N4C)C(=O)C(C)=C(OC)C2=O. The van der Waals surface area contributed by atoms with E-state index in [-0.39, 0.29) is 56.2 Å². The smallest absolute Gasteiger partial charge is 0.333 e. The number of piperazine rings is 1. The molecular formula is C30H30N2O10. The summed E-state index contributed by atoms with van der Waals surface area (Å²) in [4.78, 5) is 70.5. The molecular weight excluding hydrogens is 548 g/mol. The maximum atomic E-state index is 14.2. The van der Waals surface area contributed by atoms with E-state index < -0.39 is 65.5 Å². The summed E-state index contributed by atoms with van der Waals surface area (Å²) in [5.41, 5.74) is 0.186. The highest BCUT2D eigenvalue weighted by atomic mass is 16.5. The first-order chi connectivity index (χ1) is 19.8. The summed E-state index contributed by atoms with van der Waals surface area (Å²) in [5, 5.41) is 22.4. The van der Waals surface area contributed by atoms with E-state index in [4.69, 9.17) is 14.2 Å². The van der Waals surface area contributed by atoms with Crippen LogP contribution in [0, 0.1) is 6.92 Å². The number of ketones is 3. The molecule has 0 aromatic heterocycles. The molecule has 1 amide bonds. The highest BCUT2D eigenvalue weighted by molar-refractivity contribution is 6.27. The first-order valence-corrected chi connectivity index (χ1v) is 13.1. The minimum absolute atomic E-state index is 0.0218. The molecule has 12 nitrogen and oxygen atoms in total. The van der Waals surface area contributed by atoms with Crippen LogP contribution in [0.1, 0.15) is 48.3 Å². The van der Waals surface area contributed by atoms with Crippen LogP contribution in [0.4, 0.5) is 0 Å². The van der Waals surface area contributed by atoms with Crippen LogP contribution >= 0.6 is 0 Å². The average molecular weight is 579 g/mol. The fraction of sp³-hybridized carbons (Fsp3) is 0.367. The lowest BCUT2D eigenvalue weighted by Gasteiger charge is -2.52. The van der Waals surface area contributed by atoms with Gasteiger partial charge in [-0.25, -0.2) is 4.79 Å². The number of amides is 1. The van der Waals surface area contributed by atoms with Crippen molar-refractivity contribution in [2.24, 2.45) is 0 Å². The lowest BCUT2D eigenvalue weighted by Crippen LogP contribution is -2.65. The standard InChI is InChI=1S/C30H30N2O10/c1-8-11(2)30(39)42-10-16-17-14(22(33)12(3)27(40-6)25(17)36)9-15-20-18-19(23(34)13(4)28(41-7)26(18)37)24(35)21(31(20)5)29(38)32(15)16/h8-9,16,20-21,34,37H,10H2,1-7H3/b11-8-/t16-,20-,21+/m0/s1. The number of ether oxygens (including phenoxy) is 3. The number of phenolic OH excluding ortho intramolecular Hbond substituents is 2. The van der Waals surface area contributed by atoms with Crippen LogP contribution in [0.2, 0.25) is 0 Å². The van der Waals surface area contributed by atoms with Gasteiger partial charge in [-0.1, -0.05) is 6.08 Å². The quantitative estimate of drug-likeness (QED) is 0.173. The molecule has 3 atom stereocenters. The van der Waals surface area contributed by atoms with Crippen molar-refractivity contribution in [3.8, 4) is 17.2 Å². The molecule has 12 heteroatoms. The van der Waals surface area contributed by atoms with Gasteiger partial charge in [0.25, 0.3) is 5.91 Å². The Morgan fingerprint density at radius 1 is 1.02 bits per heavy atom. The summed E-state index contributed by atoms with van der Waals surface area (Å²) in [6.45, 7) is 5.58. The van der Waals surface area contributed by atoms with Gasteiger partial charge in [-0.3, -0.25) is 24.1 Å². The first kappa shape index (κ1) is 28.8. The number of hydrogen-bond donors (Lipinski definition) is 2. The molecule has 1 fully saturated rings. The van der Waals surface area contributed by atoms with Gasteiger partial charge in [0.15, 0.2) is 34.9 Å². The van der Waals surface area contributed by atoms with Crippen LogP contribution in [0.15, 0.2) is 45.9 Å². The van der Waals surface area contributed by atoms with Crippen molar-refractivity contribution in [1.82, 2.24) is 9.80 Å².